The Bertz CT molecular complexity index is 344. The maximum Gasteiger partial charge on any atom is 0.128 e. The van der Waals surface area contributed by atoms with Crippen LogP contribution in [0.2, 0.25) is 0 Å². The zero-order valence-electron chi connectivity index (χ0n) is 8.21. The first-order valence-corrected chi connectivity index (χ1v) is 6.77. The van der Waals surface area contributed by atoms with Crippen LogP contribution >= 0.6 is 15.9 Å². The summed E-state index contributed by atoms with van der Waals surface area (Å²) in [6.45, 7) is 2.68. The second-order valence-corrected chi connectivity index (χ2v) is 5.49. The lowest BCUT2D eigenvalue weighted by Gasteiger charge is -2.07. The smallest absolute Gasteiger partial charge is 0.128 e. The van der Waals surface area contributed by atoms with Crippen molar-refractivity contribution in [2.75, 3.05) is 23.9 Å². The van der Waals surface area contributed by atoms with Gasteiger partial charge in [-0.25, -0.2) is 4.98 Å². The van der Waals surface area contributed by atoms with Crippen molar-refractivity contribution in [1.82, 2.24) is 4.98 Å². The molecular formula is C9H13BrN2OS. The van der Waals surface area contributed by atoms with Gasteiger partial charge >= 0.3 is 0 Å². The van der Waals surface area contributed by atoms with Gasteiger partial charge in [-0.1, -0.05) is 0 Å². The fourth-order valence-corrected chi connectivity index (χ4v) is 1.87. The molecule has 1 heterocycles. The number of pyridine rings is 1. The van der Waals surface area contributed by atoms with E-state index in [0.29, 0.717) is 12.3 Å². The Hall–Kier alpha value is -0.420. The lowest BCUT2D eigenvalue weighted by Crippen LogP contribution is -2.11. The van der Waals surface area contributed by atoms with Crippen LogP contribution in [0.3, 0.4) is 0 Å². The fraction of sp³-hybridized carbons (Fsp3) is 0.444. The molecule has 0 spiro atoms. The van der Waals surface area contributed by atoms with Crippen LogP contribution in [0.1, 0.15) is 5.56 Å². The molecular weight excluding hydrogens is 264 g/mol. The monoisotopic (exact) mass is 276 g/mol. The minimum absolute atomic E-state index is 0.650. The maximum atomic E-state index is 10.8. The van der Waals surface area contributed by atoms with Gasteiger partial charge < -0.3 is 5.32 Å². The molecule has 0 bridgehead atoms. The highest BCUT2D eigenvalue weighted by molar-refractivity contribution is 9.10. The second kappa shape index (κ2) is 5.46. The molecule has 0 unspecified atom stereocenters. The Morgan fingerprint density at radius 3 is 2.93 bits per heavy atom. The third-order valence-corrected chi connectivity index (χ3v) is 2.94. The second-order valence-electron chi connectivity index (χ2n) is 3.02. The summed E-state index contributed by atoms with van der Waals surface area (Å²) in [7, 11) is -0.750. The average Bonchev–Trinajstić information content (AvgIpc) is 2.08. The molecule has 1 rings (SSSR count). The van der Waals surface area contributed by atoms with Crippen molar-refractivity contribution in [3.63, 3.8) is 0 Å². The number of nitrogens with zero attached hydrogens (tertiary/aromatic N) is 1. The molecule has 0 radical (unpaired) electrons. The molecule has 0 aliphatic heterocycles. The van der Waals surface area contributed by atoms with E-state index in [4.69, 9.17) is 0 Å². The topological polar surface area (TPSA) is 42.0 Å². The number of halogens is 1. The summed E-state index contributed by atoms with van der Waals surface area (Å²) in [6, 6.07) is 2.00. The molecule has 0 amide bonds. The molecule has 1 aromatic heterocycles. The van der Waals surface area contributed by atoms with Crippen molar-refractivity contribution in [2.45, 2.75) is 6.92 Å². The van der Waals surface area contributed by atoms with Crippen LogP contribution in [0.15, 0.2) is 16.7 Å². The molecule has 1 aromatic rings. The van der Waals surface area contributed by atoms with Crippen molar-refractivity contribution >= 4 is 32.5 Å². The Labute approximate surface area is 94.9 Å². The largest absolute Gasteiger partial charge is 0.369 e. The van der Waals surface area contributed by atoms with Crippen LogP contribution in [0.5, 0.6) is 0 Å². The number of aromatic nitrogens is 1. The quantitative estimate of drug-likeness (QED) is 0.914. The predicted molar refractivity (Wildman–Crippen MR) is 64.1 cm³/mol. The van der Waals surface area contributed by atoms with Gasteiger partial charge in [0.1, 0.15) is 5.82 Å². The number of nitrogens with one attached hydrogen (secondary N) is 1. The Balaban J connectivity index is 2.55. The standard InChI is InChI=1S/C9H13BrN2OS/c1-7-5-8(10)6-12-9(7)11-3-4-14(2)13/h5-6H,3-4H2,1-2H3,(H,11,12)/t14-/m1/s1. The summed E-state index contributed by atoms with van der Waals surface area (Å²) in [4.78, 5) is 4.22. The van der Waals surface area contributed by atoms with Crippen LogP contribution in [0.25, 0.3) is 0 Å². The van der Waals surface area contributed by atoms with E-state index in [1.54, 1.807) is 12.5 Å². The number of aryl methyl sites for hydroxylation is 1. The molecule has 0 aliphatic rings. The molecule has 0 saturated heterocycles. The Morgan fingerprint density at radius 2 is 2.36 bits per heavy atom. The lowest BCUT2D eigenvalue weighted by atomic mass is 10.3. The van der Waals surface area contributed by atoms with E-state index < -0.39 is 10.8 Å². The molecule has 1 atom stereocenters. The summed E-state index contributed by atoms with van der Waals surface area (Å²) in [5, 5.41) is 3.15. The third-order valence-electron chi connectivity index (χ3n) is 1.73. The van der Waals surface area contributed by atoms with Crippen LogP contribution in [0.4, 0.5) is 5.82 Å². The van der Waals surface area contributed by atoms with Gasteiger partial charge in [0.2, 0.25) is 0 Å². The Morgan fingerprint density at radius 1 is 1.64 bits per heavy atom. The highest BCUT2D eigenvalue weighted by Crippen LogP contribution is 2.16. The van der Waals surface area contributed by atoms with E-state index in [-0.39, 0.29) is 0 Å². The summed E-state index contributed by atoms with van der Waals surface area (Å²) >= 11 is 3.35. The summed E-state index contributed by atoms with van der Waals surface area (Å²) in [5.41, 5.74) is 1.08. The van der Waals surface area contributed by atoms with Gasteiger partial charge in [-0.3, -0.25) is 4.21 Å². The van der Waals surface area contributed by atoms with Crippen LogP contribution < -0.4 is 5.32 Å². The normalized spacial score (nSPS) is 12.5. The van der Waals surface area contributed by atoms with Gasteiger partial charge in [0, 0.05) is 40.0 Å². The molecule has 3 nitrogen and oxygen atoms in total. The fourth-order valence-electron chi connectivity index (χ4n) is 1.04. The minimum Gasteiger partial charge on any atom is -0.369 e. The number of hydrogen-bond acceptors (Lipinski definition) is 3. The number of hydrogen-bond donors (Lipinski definition) is 1. The molecule has 14 heavy (non-hydrogen) atoms. The summed E-state index contributed by atoms with van der Waals surface area (Å²) in [5.74, 6) is 1.51. The van der Waals surface area contributed by atoms with Crippen LogP contribution in [0, 0.1) is 6.92 Å². The third kappa shape index (κ3) is 3.75. The van der Waals surface area contributed by atoms with Gasteiger partial charge in [0.25, 0.3) is 0 Å². The zero-order valence-corrected chi connectivity index (χ0v) is 10.6. The van der Waals surface area contributed by atoms with Gasteiger partial charge in [0.15, 0.2) is 0 Å². The molecule has 0 aliphatic carbocycles. The summed E-state index contributed by atoms with van der Waals surface area (Å²) < 4.78 is 11.8. The van der Waals surface area contributed by atoms with Crippen LogP contribution in [-0.2, 0) is 10.8 Å². The van der Waals surface area contributed by atoms with Crippen molar-refractivity contribution in [2.24, 2.45) is 0 Å². The summed E-state index contributed by atoms with van der Waals surface area (Å²) in [6.07, 6.45) is 3.45. The van der Waals surface area contributed by atoms with Crippen molar-refractivity contribution < 1.29 is 4.21 Å². The first-order valence-electron chi connectivity index (χ1n) is 4.25. The number of anilines is 1. The average molecular weight is 277 g/mol. The van der Waals surface area contributed by atoms with Gasteiger partial charge in [-0.15, -0.1) is 0 Å². The minimum atomic E-state index is -0.750. The molecule has 0 saturated carbocycles. The van der Waals surface area contributed by atoms with E-state index in [2.05, 4.69) is 26.2 Å². The highest BCUT2D eigenvalue weighted by atomic mass is 79.9. The van der Waals surface area contributed by atoms with E-state index in [1.807, 2.05) is 13.0 Å². The van der Waals surface area contributed by atoms with Gasteiger partial charge in [-0.2, -0.15) is 0 Å². The SMILES string of the molecule is Cc1cc(Br)cnc1NCC[S@@](C)=O. The van der Waals surface area contributed by atoms with E-state index in [0.717, 1.165) is 15.9 Å². The van der Waals surface area contributed by atoms with Crippen LogP contribution in [-0.4, -0.2) is 27.7 Å². The van der Waals surface area contributed by atoms with E-state index in [1.165, 1.54) is 0 Å². The van der Waals surface area contributed by atoms with E-state index in [9.17, 15) is 4.21 Å². The van der Waals surface area contributed by atoms with Gasteiger partial charge in [-0.05, 0) is 34.5 Å². The van der Waals surface area contributed by atoms with Gasteiger partial charge in [0.05, 0.1) is 0 Å². The first kappa shape index (κ1) is 11.7. The lowest BCUT2D eigenvalue weighted by molar-refractivity contribution is 0.687. The van der Waals surface area contributed by atoms with E-state index >= 15 is 0 Å². The maximum absolute atomic E-state index is 10.8. The Kier molecular flexibility index (Phi) is 4.54. The molecule has 0 aromatic carbocycles. The van der Waals surface area contributed by atoms with Crippen molar-refractivity contribution in [3.05, 3.63) is 22.3 Å². The van der Waals surface area contributed by atoms with Crippen molar-refractivity contribution in [1.29, 1.82) is 0 Å². The number of rotatable bonds is 4. The predicted octanol–water partition coefficient (Wildman–Crippen LogP) is 1.94. The molecule has 0 fully saturated rings. The zero-order chi connectivity index (χ0) is 10.6. The first-order chi connectivity index (χ1) is 6.59. The molecule has 5 heteroatoms. The highest BCUT2D eigenvalue weighted by Gasteiger charge is 1.99. The van der Waals surface area contributed by atoms with Crippen molar-refractivity contribution in [3.8, 4) is 0 Å². The molecule has 1 N–H and O–H groups in total. The molecule has 78 valence electrons.